The predicted molar refractivity (Wildman–Crippen MR) is 79.1 cm³/mol. The summed E-state index contributed by atoms with van der Waals surface area (Å²) >= 11 is 0. The molecule has 1 saturated heterocycles. The van der Waals surface area contributed by atoms with E-state index in [1.165, 1.54) is 18.2 Å². The van der Waals surface area contributed by atoms with Gasteiger partial charge in [0.25, 0.3) is 0 Å². The van der Waals surface area contributed by atoms with Crippen molar-refractivity contribution in [2.75, 3.05) is 18.0 Å². The molecule has 112 valence electrons. The number of nitrogens with one attached hydrogen (secondary N) is 1. The van der Waals surface area contributed by atoms with Crippen LogP contribution in [0.4, 0.5) is 5.95 Å². The number of aromatic hydroxyl groups is 2. The van der Waals surface area contributed by atoms with Gasteiger partial charge in [-0.25, -0.2) is 0 Å². The van der Waals surface area contributed by atoms with Gasteiger partial charge in [-0.1, -0.05) is 6.92 Å². The van der Waals surface area contributed by atoms with Crippen molar-refractivity contribution in [2.24, 2.45) is 11.7 Å². The molecule has 1 aromatic carbocycles. The van der Waals surface area contributed by atoms with Crippen molar-refractivity contribution in [1.29, 1.82) is 0 Å². The van der Waals surface area contributed by atoms with E-state index in [1.807, 2.05) is 4.90 Å². The normalized spacial score (nSPS) is 22.5. The Morgan fingerprint density at radius 1 is 1.29 bits per heavy atom. The number of aromatic amines is 1. The minimum Gasteiger partial charge on any atom is -0.508 e. The average molecular weight is 289 g/mol. The fourth-order valence-electron chi connectivity index (χ4n) is 2.54. The van der Waals surface area contributed by atoms with Crippen LogP contribution in [0.5, 0.6) is 11.5 Å². The van der Waals surface area contributed by atoms with Crippen molar-refractivity contribution < 1.29 is 10.2 Å². The fraction of sp³-hybridized carbons (Fsp3) is 0.429. The summed E-state index contributed by atoms with van der Waals surface area (Å²) in [7, 11) is 0. The number of hydrogen-bond donors (Lipinski definition) is 4. The zero-order valence-electron chi connectivity index (χ0n) is 11.8. The molecular weight excluding hydrogens is 270 g/mol. The van der Waals surface area contributed by atoms with Crippen LogP contribution in [-0.4, -0.2) is 44.5 Å². The van der Waals surface area contributed by atoms with Crippen molar-refractivity contribution >= 4 is 5.95 Å². The molecule has 1 aliphatic heterocycles. The highest BCUT2D eigenvalue weighted by Crippen LogP contribution is 2.28. The van der Waals surface area contributed by atoms with E-state index in [0.717, 1.165) is 19.5 Å². The van der Waals surface area contributed by atoms with Crippen LogP contribution in [0.25, 0.3) is 11.4 Å². The van der Waals surface area contributed by atoms with Gasteiger partial charge in [-0.3, -0.25) is 5.10 Å². The summed E-state index contributed by atoms with van der Waals surface area (Å²) in [5.74, 6) is 1.56. The van der Waals surface area contributed by atoms with Gasteiger partial charge in [0, 0.05) is 30.8 Å². The molecule has 0 spiro atoms. The quantitative estimate of drug-likeness (QED) is 0.657. The number of piperidine rings is 1. The molecule has 7 heteroatoms. The summed E-state index contributed by atoms with van der Waals surface area (Å²) in [6.07, 6.45) is 1.01. The van der Waals surface area contributed by atoms with Gasteiger partial charge in [-0.05, 0) is 24.5 Å². The minimum atomic E-state index is -0.0169. The van der Waals surface area contributed by atoms with Crippen LogP contribution in [0, 0.1) is 5.92 Å². The topological polar surface area (TPSA) is 111 Å². The average Bonchev–Trinajstić information content (AvgIpc) is 2.90. The number of phenols is 2. The predicted octanol–water partition coefficient (Wildman–Crippen LogP) is 1.06. The molecule has 21 heavy (non-hydrogen) atoms. The van der Waals surface area contributed by atoms with Crippen LogP contribution < -0.4 is 10.6 Å². The molecule has 2 unspecified atom stereocenters. The third kappa shape index (κ3) is 2.78. The third-order valence-electron chi connectivity index (χ3n) is 3.95. The van der Waals surface area contributed by atoms with E-state index >= 15 is 0 Å². The van der Waals surface area contributed by atoms with Crippen molar-refractivity contribution in [3.63, 3.8) is 0 Å². The Kier molecular flexibility index (Phi) is 3.42. The summed E-state index contributed by atoms with van der Waals surface area (Å²) in [5, 5.41) is 26.1. The first-order valence-corrected chi connectivity index (χ1v) is 6.99. The number of nitrogens with two attached hydrogens (primary N) is 1. The first-order chi connectivity index (χ1) is 10.0. The highest BCUT2D eigenvalue weighted by molar-refractivity contribution is 5.61. The van der Waals surface area contributed by atoms with Crippen LogP contribution >= 0.6 is 0 Å². The van der Waals surface area contributed by atoms with E-state index < -0.39 is 0 Å². The van der Waals surface area contributed by atoms with E-state index in [4.69, 9.17) is 5.73 Å². The Hall–Kier alpha value is -2.28. The van der Waals surface area contributed by atoms with Crippen LogP contribution in [0.15, 0.2) is 18.2 Å². The number of rotatable bonds is 2. The van der Waals surface area contributed by atoms with Gasteiger partial charge in [0.05, 0.1) is 0 Å². The van der Waals surface area contributed by atoms with Crippen molar-refractivity contribution in [2.45, 2.75) is 19.4 Å². The second kappa shape index (κ2) is 5.25. The molecule has 5 N–H and O–H groups in total. The molecular formula is C14H19N5O2. The lowest BCUT2D eigenvalue weighted by atomic mass is 9.95. The molecule has 2 aromatic rings. The monoisotopic (exact) mass is 289 g/mol. The van der Waals surface area contributed by atoms with Crippen molar-refractivity contribution in [3.05, 3.63) is 18.2 Å². The Bertz CT molecular complexity index is 622. The van der Waals surface area contributed by atoms with E-state index in [2.05, 4.69) is 22.1 Å². The summed E-state index contributed by atoms with van der Waals surface area (Å²) in [6.45, 7) is 3.75. The van der Waals surface area contributed by atoms with E-state index in [9.17, 15) is 10.2 Å². The maximum atomic E-state index is 9.53. The molecule has 0 saturated carbocycles. The summed E-state index contributed by atoms with van der Waals surface area (Å²) in [5.41, 5.74) is 6.67. The van der Waals surface area contributed by atoms with E-state index in [1.54, 1.807) is 0 Å². The zero-order valence-corrected chi connectivity index (χ0v) is 11.8. The Balaban J connectivity index is 1.83. The lowest BCUT2D eigenvalue weighted by Crippen LogP contribution is -2.48. The van der Waals surface area contributed by atoms with Crippen LogP contribution in [0.3, 0.4) is 0 Å². The van der Waals surface area contributed by atoms with Gasteiger partial charge in [0.1, 0.15) is 11.5 Å². The second-order valence-corrected chi connectivity index (χ2v) is 5.60. The lowest BCUT2D eigenvalue weighted by molar-refractivity contribution is 0.376. The number of benzene rings is 1. The van der Waals surface area contributed by atoms with Crippen LogP contribution in [-0.2, 0) is 0 Å². The minimum absolute atomic E-state index is 0.0169. The molecule has 1 aliphatic rings. The maximum Gasteiger partial charge on any atom is 0.245 e. The Morgan fingerprint density at radius 3 is 2.67 bits per heavy atom. The lowest BCUT2D eigenvalue weighted by Gasteiger charge is -2.34. The van der Waals surface area contributed by atoms with Gasteiger partial charge in [-0.2, -0.15) is 4.98 Å². The molecule has 7 nitrogen and oxygen atoms in total. The largest absolute Gasteiger partial charge is 0.508 e. The van der Waals surface area contributed by atoms with Gasteiger partial charge in [-0.15, -0.1) is 5.10 Å². The number of H-pyrrole nitrogens is 1. The standard InChI is InChI=1S/C14H19N5O2/c1-8-2-3-19(7-12(8)15)14-16-13(17-18-14)9-4-10(20)6-11(21)5-9/h4-6,8,12,20-21H,2-3,7,15H2,1H3,(H,16,17,18). The van der Waals surface area contributed by atoms with Gasteiger partial charge in [0.15, 0.2) is 5.82 Å². The Morgan fingerprint density at radius 2 is 2.00 bits per heavy atom. The number of phenolic OH excluding ortho intramolecular Hbond substituents is 2. The van der Waals surface area contributed by atoms with Crippen LogP contribution in [0.1, 0.15) is 13.3 Å². The molecule has 2 atom stereocenters. The zero-order chi connectivity index (χ0) is 15.0. The number of nitrogens with zero attached hydrogens (tertiary/aromatic N) is 3. The van der Waals surface area contributed by atoms with E-state index in [-0.39, 0.29) is 17.5 Å². The highest BCUT2D eigenvalue weighted by Gasteiger charge is 2.25. The number of hydrogen-bond acceptors (Lipinski definition) is 6. The van der Waals surface area contributed by atoms with Crippen molar-refractivity contribution in [3.8, 4) is 22.9 Å². The van der Waals surface area contributed by atoms with E-state index in [0.29, 0.717) is 23.3 Å². The van der Waals surface area contributed by atoms with Crippen molar-refractivity contribution in [1.82, 2.24) is 15.2 Å². The Labute approximate surface area is 122 Å². The summed E-state index contributed by atoms with van der Waals surface area (Å²) in [4.78, 5) is 6.48. The van der Waals surface area contributed by atoms with Gasteiger partial charge in [0.2, 0.25) is 5.95 Å². The number of anilines is 1. The molecule has 1 aromatic heterocycles. The molecule has 0 aliphatic carbocycles. The molecule has 0 bridgehead atoms. The molecule has 3 rings (SSSR count). The molecule has 0 amide bonds. The third-order valence-corrected chi connectivity index (χ3v) is 3.95. The molecule has 0 radical (unpaired) electrons. The maximum absolute atomic E-state index is 9.53. The first kappa shape index (κ1) is 13.7. The summed E-state index contributed by atoms with van der Waals surface area (Å²) in [6, 6.07) is 4.43. The molecule has 1 fully saturated rings. The SMILES string of the molecule is CC1CCN(c2n[nH]c(-c3cc(O)cc(O)c3)n2)CC1N. The number of aromatic nitrogens is 3. The smallest absolute Gasteiger partial charge is 0.245 e. The fourth-order valence-corrected chi connectivity index (χ4v) is 2.54. The highest BCUT2D eigenvalue weighted by atomic mass is 16.3. The van der Waals surface area contributed by atoms with Crippen LogP contribution in [0.2, 0.25) is 0 Å². The summed E-state index contributed by atoms with van der Waals surface area (Å²) < 4.78 is 0. The van der Waals surface area contributed by atoms with Gasteiger partial charge < -0.3 is 20.8 Å². The van der Waals surface area contributed by atoms with Gasteiger partial charge >= 0.3 is 0 Å². The molecule has 2 heterocycles. The first-order valence-electron chi connectivity index (χ1n) is 6.99. The second-order valence-electron chi connectivity index (χ2n) is 5.60.